The Morgan fingerprint density at radius 3 is 2.56 bits per heavy atom. The van der Waals surface area contributed by atoms with Crippen LogP contribution >= 0.6 is 0 Å². The number of amides is 2. The van der Waals surface area contributed by atoms with Gasteiger partial charge in [0.2, 0.25) is 11.8 Å². The van der Waals surface area contributed by atoms with E-state index in [4.69, 9.17) is 0 Å². The largest absolute Gasteiger partial charge is 0.294 e. The van der Waals surface area contributed by atoms with E-state index in [9.17, 15) is 9.59 Å². The highest BCUT2D eigenvalue weighted by Crippen LogP contribution is 2.17. The van der Waals surface area contributed by atoms with Crippen molar-refractivity contribution in [2.45, 2.75) is 13.0 Å². The van der Waals surface area contributed by atoms with Crippen molar-refractivity contribution in [2.24, 2.45) is 0 Å². The number of hydrogen-bond acceptors (Lipinski definition) is 4. The first-order valence-corrected chi connectivity index (χ1v) is 5.14. The lowest BCUT2D eigenvalue weighted by atomic mass is 10.1. The molecule has 1 aromatic heterocycles. The molecule has 1 N–H and O–H groups in total. The maximum atomic E-state index is 11.2. The highest BCUT2D eigenvalue weighted by molar-refractivity contribution is 5.99. The summed E-state index contributed by atoms with van der Waals surface area (Å²) < 4.78 is 0. The predicted octanol–water partition coefficient (Wildman–Crippen LogP) is 0.101. The van der Waals surface area contributed by atoms with E-state index < -0.39 is 0 Å². The number of nitrogens with one attached hydrogen (secondary N) is 1. The molecule has 1 aliphatic rings. The molecule has 1 atom stereocenters. The van der Waals surface area contributed by atoms with Crippen LogP contribution in [0, 0.1) is 0 Å². The van der Waals surface area contributed by atoms with Crippen molar-refractivity contribution in [3.05, 3.63) is 30.1 Å². The van der Waals surface area contributed by atoms with Gasteiger partial charge in [0.25, 0.3) is 0 Å². The van der Waals surface area contributed by atoms with Crippen LogP contribution in [0.25, 0.3) is 0 Å². The number of pyridine rings is 1. The summed E-state index contributed by atoms with van der Waals surface area (Å²) in [5.74, 6) is -0.502. The van der Waals surface area contributed by atoms with Gasteiger partial charge in [0.1, 0.15) is 0 Å². The second-order valence-electron chi connectivity index (χ2n) is 3.81. The van der Waals surface area contributed by atoms with Crippen molar-refractivity contribution in [2.75, 3.05) is 13.1 Å². The lowest BCUT2D eigenvalue weighted by molar-refractivity contribution is -0.137. The number of hydrogen-bond donors (Lipinski definition) is 1. The first-order valence-electron chi connectivity index (χ1n) is 5.14. The molecule has 5 heteroatoms. The molecule has 2 heterocycles. The lowest BCUT2D eigenvalue weighted by Crippen LogP contribution is -2.52. The fraction of sp³-hybridized carbons (Fsp3) is 0.364. The van der Waals surface area contributed by atoms with Gasteiger partial charge >= 0.3 is 0 Å². The first kappa shape index (κ1) is 10.8. The molecule has 16 heavy (non-hydrogen) atoms. The normalized spacial score (nSPS) is 19.3. The maximum absolute atomic E-state index is 11.2. The summed E-state index contributed by atoms with van der Waals surface area (Å²) >= 11 is 0. The zero-order valence-corrected chi connectivity index (χ0v) is 9.01. The highest BCUT2D eigenvalue weighted by atomic mass is 16.2. The molecule has 5 nitrogen and oxygen atoms in total. The minimum atomic E-state index is -0.251. The van der Waals surface area contributed by atoms with Gasteiger partial charge in [0.05, 0.1) is 24.8 Å². The van der Waals surface area contributed by atoms with Gasteiger partial charge in [0.15, 0.2) is 0 Å². The Bertz CT molecular complexity index is 389. The molecular weight excluding hydrogens is 206 g/mol. The molecule has 2 rings (SSSR count). The quantitative estimate of drug-likeness (QED) is 0.717. The van der Waals surface area contributed by atoms with E-state index in [1.807, 2.05) is 30.0 Å². The molecule has 0 saturated carbocycles. The van der Waals surface area contributed by atoms with E-state index in [1.165, 1.54) is 0 Å². The molecule has 0 aliphatic carbocycles. The summed E-state index contributed by atoms with van der Waals surface area (Å²) in [6, 6.07) is 5.59. The Hall–Kier alpha value is -1.75. The standard InChI is InChI=1S/C11H13N3O2/c1-8(9-4-2-3-5-12-9)14-6-10(15)13-11(16)7-14/h2-5,8H,6-7H2,1H3,(H,13,15,16). The molecule has 2 amide bonds. The van der Waals surface area contributed by atoms with Crippen molar-refractivity contribution < 1.29 is 9.59 Å². The fourth-order valence-electron chi connectivity index (χ4n) is 1.74. The van der Waals surface area contributed by atoms with Crippen LogP contribution < -0.4 is 5.32 Å². The summed E-state index contributed by atoms with van der Waals surface area (Å²) in [6.45, 7) is 2.42. The molecule has 0 bridgehead atoms. The van der Waals surface area contributed by atoms with Gasteiger partial charge in [-0.2, -0.15) is 0 Å². The monoisotopic (exact) mass is 219 g/mol. The van der Waals surface area contributed by atoms with Crippen LogP contribution in [0.15, 0.2) is 24.4 Å². The van der Waals surface area contributed by atoms with Crippen molar-refractivity contribution in [3.63, 3.8) is 0 Å². The van der Waals surface area contributed by atoms with Gasteiger partial charge in [-0.1, -0.05) is 6.07 Å². The van der Waals surface area contributed by atoms with Crippen molar-refractivity contribution in [1.29, 1.82) is 0 Å². The summed E-state index contributed by atoms with van der Waals surface area (Å²) in [6.07, 6.45) is 1.71. The molecule has 0 aromatic carbocycles. The van der Waals surface area contributed by atoms with E-state index in [0.717, 1.165) is 5.69 Å². The Kier molecular flexibility index (Phi) is 2.96. The fourth-order valence-corrected chi connectivity index (χ4v) is 1.74. The summed E-state index contributed by atoms with van der Waals surface area (Å²) in [7, 11) is 0. The average Bonchev–Trinajstić information content (AvgIpc) is 2.28. The van der Waals surface area contributed by atoms with Gasteiger partial charge in [-0.15, -0.1) is 0 Å². The van der Waals surface area contributed by atoms with Crippen LogP contribution in [0.2, 0.25) is 0 Å². The number of carbonyl (C=O) groups excluding carboxylic acids is 2. The molecule has 84 valence electrons. The molecule has 1 saturated heterocycles. The Balaban J connectivity index is 2.13. The Morgan fingerprint density at radius 1 is 1.31 bits per heavy atom. The third kappa shape index (κ3) is 2.25. The van der Waals surface area contributed by atoms with E-state index in [1.54, 1.807) is 6.20 Å². The molecule has 1 aromatic rings. The predicted molar refractivity (Wildman–Crippen MR) is 57.4 cm³/mol. The number of rotatable bonds is 2. The smallest absolute Gasteiger partial charge is 0.240 e. The van der Waals surface area contributed by atoms with Crippen molar-refractivity contribution in [3.8, 4) is 0 Å². The number of aromatic nitrogens is 1. The lowest BCUT2D eigenvalue weighted by Gasteiger charge is -2.30. The summed E-state index contributed by atoms with van der Waals surface area (Å²) in [5, 5.41) is 2.28. The molecule has 1 aliphatic heterocycles. The molecular formula is C11H13N3O2. The summed E-state index contributed by atoms with van der Waals surface area (Å²) in [4.78, 5) is 28.5. The molecule has 1 fully saturated rings. The second-order valence-corrected chi connectivity index (χ2v) is 3.81. The van der Waals surface area contributed by atoms with Crippen LogP contribution in [0.3, 0.4) is 0 Å². The van der Waals surface area contributed by atoms with Gasteiger partial charge in [-0.3, -0.25) is 24.8 Å². The zero-order chi connectivity index (χ0) is 11.5. The second kappa shape index (κ2) is 4.40. The first-order chi connectivity index (χ1) is 7.66. The maximum Gasteiger partial charge on any atom is 0.240 e. The van der Waals surface area contributed by atoms with Crippen LogP contribution in [-0.4, -0.2) is 34.8 Å². The molecule has 0 radical (unpaired) electrons. The van der Waals surface area contributed by atoms with Crippen LogP contribution in [0.1, 0.15) is 18.7 Å². The van der Waals surface area contributed by atoms with Crippen LogP contribution in [0.4, 0.5) is 0 Å². The van der Waals surface area contributed by atoms with Gasteiger partial charge in [-0.25, -0.2) is 0 Å². The van der Waals surface area contributed by atoms with Crippen LogP contribution in [-0.2, 0) is 9.59 Å². The van der Waals surface area contributed by atoms with Gasteiger partial charge in [0, 0.05) is 6.20 Å². The SMILES string of the molecule is CC(c1ccccn1)N1CC(=O)NC(=O)C1. The Labute approximate surface area is 93.5 Å². The zero-order valence-electron chi connectivity index (χ0n) is 9.01. The Morgan fingerprint density at radius 2 is 2.00 bits per heavy atom. The van der Waals surface area contributed by atoms with E-state index in [-0.39, 0.29) is 30.9 Å². The minimum Gasteiger partial charge on any atom is -0.294 e. The molecule has 0 spiro atoms. The topological polar surface area (TPSA) is 62.3 Å². The third-order valence-corrected chi connectivity index (χ3v) is 2.64. The number of nitrogens with zero attached hydrogens (tertiary/aromatic N) is 2. The minimum absolute atomic E-state index is 0.0313. The highest BCUT2D eigenvalue weighted by Gasteiger charge is 2.27. The third-order valence-electron chi connectivity index (χ3n) is 2.64. The average molecular weight is 219 g/mol. The van der Waals surface area contributed by atoms with Crippen molar-refractivity contribution >= 4 is 11.8 Å². The number of carbonyl (C=O) groups is 2. The summed E-state index contributed by atoms with van der Waals surface area (Å²) in [5.41, 5.74) is 0.866. The van der Waals surface area contributed by atoms with E-state index in [0.29, 0.717) is 0 Å². The van der Waals surface area contributed by atoms with E-state index >= 15 is 0 Å². The van der Waals surface area contributed by atoms with E-state index in [2.05, 4.69) is 10.3 Å². The van der Waals surface area contributed by atoms with Gasteiger partial charge in [-0.05, 0) is 19.1 Å². The number of imide groups is 1. The number of piperazine rings is 1. The van der Waals surface area contributed by atoms with Crippen molar-refractivity contribution in [1.82, 2.24) is 15.2 Å². The van der Waals surface area contributed by atoms with Crippen LogP contribution in [0.5, 0.6) is 0 Å². The van der Waals surface area contributed by atoms with Gasteiger partial charge < -0.3 is 0 Å². The molecule has 1 unspecified atom stereocenters.